The van der Waals surface area contributed by atoms with Crippen LogP contribution in [0.3, 0.4) is 0 Å². The molecule has 1 aromatic rings. The lowest BCUT2D eigenvalue weighted by Gasteiger charge is -2.19. The van der Waals surface area contributed by atoms with E-state index in [1.807, 2.05) is 0 Å². The molecule has 0 fully saturated rings. The summed E-state index contributed by atoms with van der Waals surface area (Å²) in [6.45, 7) is 6.78. The highest BCUT2D eigenvalue weighted by Crippen LogP contribution is 2.06. The van der Waals surface area contributed by atoms with Gasteiger partial charge in [0.15, 0.2) is 0 Å². The van der Waals surface area contributed by atoms with Crippen LogP contribution in [0.2, 0.25) is 0 Å². The van der Waals surface area contributed by atoms with Crippen LogP contribution in [0.15, 0.2) is 24.3 Å². The van der Waals surface area contributed by atoms with Gasteiger partial charge in [0.1, 0.15) is 0 Å². The van der Waals surface area contributed by atoms with E-state index in [1.165, 1.54) is 11.1 Å². The van der Waals surface area contributed by atoms with Crippen LogP contribution in [0.25, 0.3) is 0 Å². The first-order valence-electron chi connectivity index (χ1n) is 5.18. The van der Waals surface area contributed by atoms with Crippen LogP contribution >= 0.6 is 12.2 Å². The molecule has 0 aliphatic heterocycles. The summed E-state index contributed by atoms with van der Waals surface area (Å²) < 4.78 is 0. The number of thiocarbonyl (C=S) groups is 1. The Morgan fingerprint density at radius 2 is 1.93 bits per heavy atom. The Kier molecular flexibility index (Phi) is 4.72. The molecule has 15 heavy (non-hydrogen) atoms. The number of aryl methyl sites for hydroxylation is 1. The van der Waals surface area contributed by atoms with Crippen molar-refractivity contribution in [2.24, 2.45) is 5.73 Å². The van der Waals surface area contributed by atoms with Gasteiger partial charge in [0.2, 0.25) is 0 Å². The predicted molar refractivity (Wildman–Crippen MR) is 68.9 cm³/mol. The van der Waals surface area contributed by atoms with Gasteiger partial charge in [0.05, 0.1) is 4.99 Å². The second-order valence-electron chi connectivity index (χ2n) is 3.76. The molecule has 0 heterocycles. The van der Waals surface area contributed by atoms with Crippen LogP contribution in [0.1, 0.15) is 18.1 Å². The highest BCUT2D eigenvalue weighted by molar-refractivity contribution is 7.80. The molecule has 0 unspecified atom stereocenters. The van der Waals surface area contributed by atoms with Crippen molar-refractivity contribution in [3.05, 3.63) is 35.4 Å². The lowest BCUT2D eigenvalue weighted by molar-refractivity contribution is 0.321. The number of hydrogen-bond donors (Lipinski definition) is 1. The van der Waals surface area contributed by atoms with Crippen molar-refractivity contribution < 1.29 is 0 Å². The van der Waals surface area contributed by atoms with Gasteiger partial charge in [-0.1, -0.05) is 49.0 Å². The fourth-order valence-electron chi connectivity index (χ4n) is 1.45. The van der Waals surface area contributed by atoms with Crippen molar-refractivity contribution in [1.82, 2.24) is 4.90 Å². The van der Waals surface area contributed by atoms with E-state index in [0.717, 1.165) is 13.1 Å². The minimum atomic E-state index is 0.559. The maximum Gasteiger partial charge on any atom is 0.0870 e. The van der Waals surface area contributed by atoms with E-state index >= 15 is 0 Å². The minimum absolute atomic E-state index is 0.559. The second kappa shape index (κ2) is 5.83. The van der Waals surface area contributed by atoms with E-state index in [9.17, 15) is 0 Å². The first kappa shape index (κ1) is 12.1. The van der Waals surface area contributed by atoms with Crippen molar-refractivity contribution in [1.29, 1.82) is 0 Å². The lowest BCUT2D eigenvalue weighted by Crippen LogP contribution is -2.32. The van der Waals surface area contributed by atoms with Crippen molar-refractivity contribution in [3.63, 3.8) is 0 Å². The number of benzene rings is 1. The van der Waals surface area contributed by atoms with Crippen molar-refractivity contribution in [2.45, 2.75) is 20.4 Å². The maximum atomic E-state index is 5.54. The third-order valence-electron chi connectivity index (χ3n) is 2.35. The second-order valence-corrected chi connectivity index (χ2v) is 4.28. The molecule has 82 valence electrons. The third-order valence-corrected chi connectivity index (χ3v) is 2.48. The number of hydrogen-bond acceptors (Lipinski definition) is 2. The van der Waals surface area contributed by atoms with Gasteiger partial charge in [-0.2, -0.15) is 0 Å². The monoisotopic (exact) mass is 222 g/mol. The summed E-state index contributed by atoms with van der Waals surface area (Å²) in [6, 6.07) is 8.56. The quantitative estimate of drug-likeness (QED) is 0.774. The van der Waals surface area contributed by atoms with Gasteiger partial charge >= 0.3 is 0 Å². The molecule has 1 aromatic carbocycles. The minimum Gasteiger partial charge on any atom is -0.392 e. The summed E-state index contributed by atoms with van der Waals surface area (Å²) >= 11 is 4.91. The number of nitrogens with zero attached hydrogens (tertiary/aromatic N) is 1. The topological polar surface area (TPSA) is 29.3 Å². The normalized spacial score (nSPS) is 10.6. The molecule has 0 aliphatic carbocycles. The van der Waals surface area contributed by atoms with E-state index in [4.69, 9.17) is 18.0 Å². The molecule has 0 bridgehead atoms. The third kappa shape index (κ3) is 4.40. The average Bonchev–Trinajstić information content (AvgIpc) is 2.19. The molecule has 0 aromatic heterocycles. The summed E-state index contributed by atoms with van der Waals surface area (Å²) in [4.78, 5) is 2.79. The van der Waals surface area contributed by atoms with Crippen LogP contribution in [0.4, 0.5) is 0 Å². The summed E-state index contributed by atoms with van der Waals surface area (Å²) in [7, 11) is 0. The van der Waals surface area contributed by atoms with Crippen LogP contribution in [0.5, 0.6) is 0 Å². The molecule has 1 rings (SSSR count). The Morgan fingerprint density at radius 3 is 2.40 bits per heavy atom. The molecule has 0 saturated heterocycles. The Labute approximate surface area is 97.1 Å². The Balaban J connectivity index is 2.58. The van der Waals surface area contributed by atoms with Gasteiger partial charge in [-0.05, 0) is 19.0 Å². The van der Waals surface area contributed by atoms with Crippen LogP contribution in [0, 0.1) is 6.92 Å². The molecule has 2 nitrogen and oxygen atoms in total. The van der Waals surface area contributed by atoms with Gasteiger partial charge < -0.3 is 5.73 Å². The summed E-state index contributed by atoms with van der Waals surface area (Å²) in [5.74, 6) is 0. The van der Waals surface area contributed by atoms with Gasteiger partial charge in [0.25, 0.3) is 0 Å². The van der Waals surface area contributed by atoms with Crippen LogP contribution in [-0.2, 0) is 6.54 Å². The van der Waals surface area contributed by atoms with Crippen molar-refractivity contribution >= 4 is 17.2 Å². The highest BCUT2D eigenvalue weighted by Gasteiger charge is 2.04. The largest absolute Gasteiger partial charge is 0.392 e. The van der Waals surface area contributed by atoms with E-state index in [-0.39, 0.29) is 0 Å². The summed E-state index contributed by atoms with van der Waals surface area (Å²) in [6.07, 6.45) is 0. The molecule has 2 N–H and O–H groups in total. The molecule has 3 heteroatoms. The zero-order valence-corrected chi connectivity index (χ0v) is 10.2. The smallest absolute Gasteiger partial charge is 0.0870 e. The van der Waals surface area contributed by atoms with Gasteiger partial charge in [-0.25, -0.2) is 0 Å². The molecular weight excluding hydrogens is 204 g/mol. The highest BCUT2D eigenvalue weighted by atomic mass is 32.1. The van der Waals surface area contributed by atoms with E-state index in [0.29, 0.717) is 11.5 Å². The van der Waals surface area contributed by atoms with Gasteiger partial charge in [-0.3, -0.25) is 4.90 Å². The van der Waals surface area contributed by atoms with E-state index < -0.39 is 0 Å². The predicted octanol–water partition coefficient (Wildman–Crippen LogP) is 2.10. The first-order chi connectivity index (χ1) is 7.11. The molecule has 0 saturated carbocycles. The average molecular weight is 222 g/mol. The van der Waals surface area contributed by atoms with Crippen molar-refractivity contribution in [3.8, 4) is 0 Å². The van der Waals surface area contributed by atoms with Gasteiger partial charge in [0, 0.05) is 13.1 Å². The molecule has 0 radical (unpaired) electrons. The van der Waals surface area contributed by atoms with Crippen molar-refractivity contribution in [2.75, 3.05) is 13.1 Å². The summed E-state index contributed by atoms with van der Waals surface area (Å²) in [5, 5.41) is 0. The fourth-order valence-corrected chi connectivity index (χ4v) is 1.63. The molecule has 0 atom stereocenters. The maximum absolute atomic E-state index is 5.54. The summed E-state index contributed by atoms with van der Waals surface area (Å²) in [5.41, 5.74) is 8.13. The number of likely N-dealkylation sites (N-methyl/N-ethyl adjacent to an activating group) is 1. The van der Waals surface area contributed by atoms with E-state index in [2.05, 4.69) is 43.0 Å². The lowest BCUT2D eigenvalue weighted by atomic mass is 10.1. The SMILES string of the molecule is CCN(CC(N)=S)Cc1ccc(C)cc1. The Morgan fingerprint density at radius 1 is 1.33 bits per heavy atom. The van der Waals surface area contributed by atoms with Crippen LogP contribution < -0.4 is 5.73 Å². The molecular formula is C12H18N2S. The Hall–Kier alpha value is -0.930. The zero-order chi connectivity index (χ0) is 11.3. The zero-order valence-electron chi connectivity index (χ0n) is 9.36. The van der Waals surface area contributed by atoms with Gasteiger partial charge in [-0.15, -0.1) is 0 Å². The standard InChI is InChI=1S/C12H18N2S/c1-3-14(9-12(13)15)8-11-6-4-10(2)5-7-11/h4-7H,3,8-9H2,1-2H3,(H2,13,15). The fraction of sp³-hybridized carbons (Fsp3) is 0.417. The Bertz CT molecular complexity index is 319. The number of nitrogens with two attached hydrogens (primary N) is 1. The molecule has 0 amide bonds. The number of rotatable bonds is 5. The molecule has 0 aliphatic rings. The van der Waals surface area contributed by atoms with E-state index in [1.54, 1.807) is 0 Å². The first-order valence-corrected chi connectivity index (χ1v) is 5.59. The molecule has 0 spiro atoms. The van der Waals surface area contributed by atoms with Crippen LogP contribution in [-0.4, -0.2) is 23.0 Å².